The third-order valence-corrected chi connectivity index (χ3v) is 6.26. The molecule has 4 rings (SSSR count). The number of aryl methyl sites for hydroxylation is 2. The fraction of sp³-hybridized carbons (Fsp3) is 0.556. The van der Waals surface area contributed by atoms with Gasteiger partial charge < -0.3 is 9.84 Å². The maximum Gasteiger partial charge on any atom is 0.349 e. The molecule has 1 unspecified atom stereocenters. The predicted molar refractivity (Wildman–Crippen MR) is 96.8 cm³/mol. The van der Waals surface area contributed by atoms with E-state index in [9.17, 15) is 9.90 Å². The van der Waals surface area contributed by atoms with Gasteiger partial charge in [-0.1, -0.05) is 12.8 Å². The van der Waals surface area contributed by atoms with E-state index in [2.05, 4.69) is 15.1 Å². The molecule has 0 amide bonds. The number of nitrogens with zero attached hydrogens (tertiary/aromatic N) is 4. The van der Waals surface area contributed by atoms with Crippen LogP contribution in [0.4, 0.5) is 0 Å². The number of rotatable bonds is 3. The number of hydrogen-bond donors (Lipinski definition) is 1. The Morgan fingerprint density at radius 1 is 1.31 bits per heavy atom. The third-order valence-electron chi connectivity index (χ3n) is 5.30. The summed E-state index contributed by atoms with van der Waals surface area (Å²) < 4.78 is 7.40. The van der Waals surface area contributed by atoms with Crippen molar-refractivity contribution in [3.05, 3.63) is 28.1 Å². The first-order chi connectivity index (χ1) is 12.4. The minimum atomic E-state index is -0.622. The largest absolute Gasteiger partial charge is 0.511 e. The van der Waals surface area contributed by atoms with Crippen molar-refractivity contribution in [1.82, 2.24) is 19.6 Å². The molecule has 2 aromatic rings. The quantitative estimate of drug-likeness (QED) is 0.822. The molecular formula is C18H22N4O3S. The zero-order valence-electron chi connectivity index (χ0n) is 15.2. The van der Waals surface area contributed by atoms with Crippen molar-refractivity contribution in [3.63, 3.8) is 0 Å². The molecule has 0 radical (unpaired) electrons. The molecule has 8 heteroatoms. The SMILES string of the molecule is Cc1cc(C)n2nc(SC3=C(O)CC(C)(C4CCCC4)OC3=O)nc2n1. The molecule has 1 aliphatic heterocycles. The summed E-state index contributed by atoms with van der Waals surface area (Å²) in [4.78, 5) is 21.5. The van der Waals surface area contributed by atoms with E-state index in [0.717, 1.165) is 48.8 Å². The van der Waals surface area contributed by atoms with Gasteiger partial charge in [-0.15, -0.1) is 5.10 Å². The lowest BCUT2D eigenvalue weighted by atomic mass is 9.83. The highest BCUT2D eigenvalue weighted by atomic mass is 32.2. The van der Waals surface area contributed by atoms with Gasteiger partial charge in [0.2, 0.25) is 5.16 Å². The van der Waals surface area contributed by atoms with Gasteiger partial charge in [0.05, 0.1) is 0 Å². The van der Waals surface area contributed by atoms with Crippen LogP contribution in [0.25, 0.3) is 5.78 Å². The molecular weight excluding hydrogens is 352 g/mol. The minimum Gasteiger partial charge on any atom is -0.511 e. The number of aromatic nitrogens is 4. The number of carbonyl (C=O) groups excluding carboxylic acids is 1. The Balaban J connectivity index is 1.61. The molecule has 26 heavy (non-hydrogen) atoms. The molecule has 1 fully saturated rings. The monoisotopic (exact) mass is 374 g/mol. The van der Waals surface area contributed by atoms with Crippen LogP contribution in [0.15, 0.2) is 21.9 Å². The highest BCUT2D eigenvalue weighted by molar-refractivity contribution is 8.03. The molecule has 138 valence electrons. The average molecular weight is 374 g/mol. The number of aliphatic hydroxyl groups is 1. The van der Waals surface area contributed by atoms with Gasteiger partial charge in [0, 0.05) is 17.8 Å². The summed E-state index contributed by atoms with van der Waals surface area (Å²) >= 11 is 1.04. The molecule has 0 saturated heterocycles. The van der Waals surface area contributed by atoms with Gasteiger partial charge >= 0.3 is 5.97 Å². The molecule has 3 heterocycles. The lowest BCUT2D eigenvalue weighted by molar-refractivity contribution is -0.161. The lowest BCUT2D eigenvalue weighted by Crippen LogP contribution is -2.42. The van der Waals surface area contributed by atoms with Gasteiger partial charge in [0.1, 0.15) is 16.3 Å². The fourth-order valence-electron chi connectivity index (χ4n) is 3.97. The van der Waals surface area contributed by atoms with E-state index in [0.29, 0.717) is 23.3 Å². The van der Waals surface area contributed by atoms with Crippen LogP contribution in [-0.4, -0.2) is 36.3 Å². The van der Waals surface area contributed by atoms with Crippen LogP contribution in [0.5, 0.6) is 0 Å². The van der Waals surface area contributed by atoms with Crippen LogP contribution in [0, 0.1) is 19.8 Å². The van der Waals surface area contributed by atoms with Crippen molar-refractivity contribution in [2.75, 3.05) is 0 Å². The highest BCUT2D eigenvalue weighted by Gasteiger charge is 2.45. The van der Waals surface area contributed by atoms with Gasteiger partial charge in [-0.25, -0.2) is 14.3 Å². The van der Waals surface area contributed by atoms with Crippen molar-refractivity contribution >= 4 is 23.5 Å². The normalized spacial score (nSPS) is 24.5. The summed E-state index contributed by atoms with van der Waals surface area (Å²) in [5, 5.41) is 15.3. The van der Waals surface area contributed by atoms with E-state index in [1.54, 1.807) is 4.52 Å². The summed E-state index contributed by atoms with van der Waals surface area (Å²) in [6.45, 7) is 5.74. The Labute approximate surface area is 155 Å². The van der Waals surface area contributed by atoms with Crippen LogP contribution >= 0.6 is 11.8 Å². The van der Waals surface area contributed by atoms with Gasteiger partial charge in [-0.3, -0.25) is 0 Å². The van der Waals surface area contributed by atoms with Crippen molar-refractivity contribution < 1.29 is 14.6 Å². The van der Waals surface area contributed by atoms with E-state index >= 15 is 0 Å². The van der Waals surface area contributed by atoms with Gasteiger partial charge in [0.25, 0.3) is 5.78 Å². The number of fused-ring (bicyclic) bond motifs is 1. The van der Waals surface area contributed by atoms with Crippen molar-refractivity contribution in [2.45, 2.75) is 63.6 Å². The number of aliphatic hydroxyl groups excluding tert-OH is 1. The van der Waals surface area contributed by atoms with Crippen molar-refractivity contribution in [3.8, 4) is 0 Å². The number of hydrogen-bond acceptors (Lipinski definition) is 7. The first-order valence-corrected chi connectivity index (χ1v) is 9.72. The van der Waals surface area contributed by atoms with Crippen LogP contribution in [0.3, 0.4) is 0 Å². The molecule has 2 aliphatic rings. The smallest absolute Gasteiger partial charge is 0.349 e. The topological polar surface area (TPSA) is 89.6 Å². The first-order valence-electron chi connectivity index (χ1n) is 8.90. The van der Waals surface area contributed by atoms with E-state index in [-0.39, 0.29) is 10.7 Å². The zero-order valence-corrected chi connectivity index (χ0v) is 16.0. The van der Waals surface area contributed by atoms with Gasteiger partial charge in [-0.05, 0) is 57.4 Å². The van der Waals surface area contributed by atoms with Crippen molar-refractivity contribution in [1.29, 1.82) is 0 Å². The second-order valence-corrected chi connectivity index (χ2v) is 8.36. The predicted octanol–water partition coefficient (Wildman–Crippen LogP) is 3.50. The van der Waals surface area contributed by atoms with E-state index in [4.69, 9.17) is 4.74 Å². The standard InChI is InChI=1S/C18H22N4O3S/c1-10-8-11(2)22-16(19-10)20-17(21-22)26-14-13(23)9-18(3,25-15(14)24)12-6-4-5-7-12/h8,12,23H,4-7,9H2,1-3H3. The number of esters is 1. The average Bonchev–Trinajstić information content (AvgIpc) is 3.20. The second kappa shape index (κ2) is 6.26. The maximum atomic E-state index is 12.6. The summed E-state index contributed by atoms with van der Waals surface area (Å²) in [7, 11) is 0. The Hall–Kier alpha value is -2.09. The molecule has 0 aromatic carbocycles. The second-order valence-electron chi connectivity index (χ2n) is 7.38. The van der Waals surface area contributed by atoms with Crippen LogP contribution < -0.4 is 0 Å². The maximum absolute atomic E-state index is 12.6. The summed E-state index contributed by atoms with van der Waals surface area (Å²) in [6, 6.07) is 1.91. The summed E-state index contributed by atoms with van der Waals surface area (Å²) in [6.07, 6.45) is 4.73. The molecule has 1 N–H and O–H groups in total. The van der Waals surface area contributed by atoms with Gasteiger partial charge in [-0.2, -0.15) is 4.98 Å². The highest BCUT2D eigenvalue weighted by Crippen LogP contribution is 2.45. The Morgan fingerprint density at radius 3 is 2.73 bits per heavy atom. The number of ether oxygens (including phenoxy) is 1. The van der Waals surface area contributed by atoms with Crippen molar-refractivity contribution in [2.24, 2.45) is 5.92 Å². The summed E-state index contributed by atoms with van der Waals surface area (Å²) in [5.41, 5.74) is 1.14. The van der Waals surface area contributed by atoms with E-state index in [1.807, 2.05) is 26.8 Å². The van der Waals surface area contributed by atoms with E-state index in [1.165, 1.54) is 0 Å². The Bertz CT molecular complexity index is 917. The molecule has 2 aromatic heterocycles. The molecule has 0 bridgehead atoms. The molecule has 0 spiro atoms. The number of carbonyl (C=O) groups is 1. The molecule has 1 aliphatic carbocycles. The Morgan fingerprint density at radius 2 is 2.04 bits per heavy atom. The zero-order chi connectivity index (χ0) is 18.5. The summed E-state index contributed by atoms with van der Waals surface area (Å²) in [5.74, 6) is 0.363. The van der Waals surface area contributed by atoms with Crippen LogP contribution in [-0.2, 0) is 9.53 Å². The molecule has 1 saturated carbocycles. The van der Waals surface area contributed by atoms with Crippen LogP contribution in [0.1, 0.15) is 50.4 Å². The number of cyclic esters (lactones) is 1. The number of thioether (sulfide) groups is 1. The fourth-order valence-corrected chi connectivity index (χ4v) is 4.72. The first kappa shape index (κ1) is 17.3. The lowest BCUT2D eigenvalue weighted by Gasteiger charge is -2.38. The molecule has 1 atom stereocenters. The van der Waals surface area contributed by atoms with E-state index < -0.39 is 11.6 Å². The van der Waals surface area contributed by atoms with Crippen LogP contribution in [0.2, 0.25) is 0 Å². The molecule has 7 nitrogen and oxygen atoms in total. The Kier molecular flexibility index (Phi) is 4.17. The third kappa shape index (κ3) is 2.96. The minimum absolute atomic E-state index is 0.0698. The van der Waals surface area contributed by atoms with Gasteiger partial charge in [0.15, 0.2) is 0 Å².